The minimum absolute atomic E-state index is 0.0589. The second-order valence-electron chi connectivity index (χ2n) is 18.4. The van der Waals surface area contributed by atoms with Crippen molar-refractivity contribution in [2.24, 2.45) is 0 Å². The zero-order chi connectivity index (χ0) is 48.5. The highest BCUT2D eigenvalue weighted by atomic mass is 32.2. The number of fused-ring (bicyclic) bond motifs is 6. The van der Waals surface area contributed by atoms with Crippen LogP contribution >= 0.6 is 23.5 Å². The van der Waals surface area contributed by atoms with E-state index in [4.69, 9.17) is 0 Å². The molecular weight excluding hydrogens is 929 g/mol. The average molecular weight is 971 g/mol. The number of nitrogens with zero attached hydrogens (tertiary/aromatic N) is 4. The van der Waals surface area contributed by atoms with Crippen LogP contribution in [-0.4, -0.2) is 9.13 Å². The first-order valence-electron chi connectivity index (χ1n) is 23.9. The van der Waals surface area contributed by atoms with Crippen LogP contribution in [0.1, 0.15) is 22.3 Å². The molecule has 0 atom stereocenters. The van der Waals surface area contributed by atoms with Gasteiger partial charge in [0, 0.05) is 32.7 Å². The van der Waals surface area contributed by atoms with Gasteiger partial charge in [0.05, 0.1) is 57.4 Å². The van der Waals surface area contributed by atoms with Gasteiger partial charge in [-0.2, -0.15) is 0 Å². The van der Waals surface area contributed by atoms with Gasteiger partial charge >= 0.3 is 0 Å². The molecule has 13 rings (SSSR count). The summed E-state index contributed by atoms with van der Waals surface area (Å²) >= 11 is 3.60. The number of benzene rings is 9. The largest absolute Gasteiger partial charge is 0.335 e. The Morgan fingerprint density at radius 2 is 0.514 bits per heavy atom. The van der Waals surface area contributed by atoms with Crippen molar-refractivity contribution in [3.8, 4) is 22.3 Å². The lowest BCUT2D eigenvalue weighted by molar-refractivity contribution is 0.753. The highest BCUT2D eigenvalue weighted by molar-refractivity contribution is 8.00. The third kappa shape index (κ3) is 7.67. The molecule has 0 amide bonds. The topological polar surface area (TPSA) is 84.6 Å². The Bertz CT molecular complexity index is 3700. The molecule has 2 aromatic heterocycles. The minimum Gasteiger partial charge on any atom is -0.335 e. The maximum atomic E-state index is 13.8. The van der Waals surface area contributed by atoms with Gasteiger partial charge in [-0.15, -0.1) is 0 Å². The second kappa shape index (κ2) is 17.8. The maximum Gasteiger partial charge on any atom is 0.261 e. The van der Waals surface area contributed by atoms with Crippen LogP contribution in [0.2, 0.25) is 0 Å². The van der Waals surface area contributed by atoms with Crippen molar-refractivity contribution in [2.45, 2.75) is 45.8 Å². The van der Waals surface area contributed by atoms with Crippen LogP contribution in [0.15, 0.2) is 245 Å². The zero-order valence-corrected chi connectivity index (χ0v) is 40.3. The molecule has 0 bridgehead atoms. The Balaban J connectivity index is 0.689. The van der Waals surface area contributed by atoms with E-state index in [0.29, 0.717) is 0 Å². The molecule has 0 aliphatic carbocycles. The smallest absolute Gasteiger partial charge is 0.261 e. The maximum absolute atomic E-state index is 13.8. The van der Waals surface area contributed by atoms with Crippen molar-refractivity contribution in [3.63, 3.8) is 0 Å². The molecule has 0 spiro atoms. The normalized spacial score (nSPS) is 12.7. The number of hydrogen-bond donors (Lipinski definition) is 0. The van der Waals surface area contributed by atoms with Crippen LogP contribution in [0, 0.1) is 0 Å². The van der Waals surface area contributed by atoms with Crippen LogP contribution in [-0.2, 0) is 26.2 Å². The molecule has 0 unspecified atom stereocenters. The number of anilines is 4. The van der Waals surface area contributed by atoms with Crippen LogP contribution in [0.25, 0.3) is 43.8 Å². The molecule has 4 heterocycles. The van der Waals surface area contributed by atoms with Crippen molar-refractivity contribution < 1.29 is 0 Å². The Morgan fingerprint density at radius 3 is 0.778 bits per heavy atom. The van der Waals surface area contributed by atoms with Gasteiger partial charge in [0.15, 0.2) is 0 Å². The van der Waals surface area contributed by atoms with Crippen LogP contribution in [0.5, 0.6) is 0 Å². The molecule has 0 N–H and O–H groups in total. The first kappa shape index (κ1) is 43.6. The van der Waals surface area contributed by atoms with Crippen molar-refractivity contribution in [3.05, 3.63) is 270 Å². The number of hydrogen-bond acceptors (Lipinski definition) is 8. The van der Waals surface area contributed by atoms with Crippen molar-refractivity contribution in [2.75, 3.05) is 9.80 Å². The lowest BCUT2D eigenvalue weighted by atomic mass is 10.0. The molecule has 9 aromatic carbocycles. The van der Waals surface area contributed by atoms with Gasteiger partial charge in [-0.05, 0) is 105 Å². The summed E-state index contributed by atoms with van der Waals surface area (Å²) in [4.78, 5) is 64.9. The molecule has 0 saturated heterocycles. The van der Waals surface area contributed by atoms with Crippen LogP contribution in [0.4, 0.5) is 22.7 Å². The molecule has 72 heavy (non-hydrogen) atoms. The summed E-state index contributed by atoms with van der Waals surface area (Å²) in [6.07, 6.45) is 0. The first-order valence-corrected chi connectivity index (χ1v) is 25.5. The molecule has 0 radical (unpaired) electrons. The summed E-state index contributed by atoms with van der Waals surface area (Å²) in [5, 5.41) is 0.532. The molecule has 11 aromatic rings. The van der Waals surface area contributed by atoms with E-state index in [9.17, 15) is 19.2 Å². The van der Waals surface area contributed by atoms with E-state index in [0.717, 1.165) is 46.5 Å². The lowest BCUT2D eigenvalue weighted by Gasteiger charge is -2.32. The molecule has 346 valence electrons. The average Bonchev–Trinajstić information content (AvgIpc) is 3.79. The fourth-order valence-corrected chi connectivity index (χ4v) is 12.4. The number of para-hydroxylation sites is 4. The van der Waals surface area contributed by atoms with Crippen molar-refractivity contribution in [1.82, 2.24) is 9.13 Å². The van der Waals surface area contributed by atoms with Gasteiger partial charge in [-0.1, -0.05) is 169 Å². The van der Waals surface area contributed by atoms with Gasteiger partial charge in [-0.3, -0.25) is 28.3 Å². The third-order valence-corrected chi connectivity index (χ3v) is 16.2. The van der Waals surface area contributed by atoms with Crippen LogP contribution in [0.3, 0.4) is 0 Å². The highest BCUT2D eigenvalue weighted by Gasteiger charge is 2.25. The molecule has 8 nitrogen and oxygen atoms in total. The van der Waals surface area contributed by atoms with Gasteiger partial charge in [-0.25, -0.2) is 0 Å². The quantitative estimate of drug-likeness (QED) is 0.134. The summed E-state index contributed by atoms with van der Waals surface area (Å²) in [6.45, 7) is 1.58. The summed E-state index contributed by atoms with van der Waals surface area (Å²) in [7, 11) is 0. The summed E-state index contributed by atoms with van der Waals surface area (Å²) < 4.78 is 2.38. The highest BCUT2D eigenvalue weighted by Crippen LogP contribution is 2.50. The van der Waals surface area contributed by atoms with Gasteiger partial charge < -0.3 is 9.80 Å². The van der Waals surface area contributed by atoms with E-state index < -0.39 is 22.2 Å². The van der Waals surface area contributed by atoms with E-state index in [2.05, 4.69) is 155 Å². The van der Waals surface area contributed by atoms with Gasteiger partial charge in [0.25, 0.3) is 22.2 Å². The van der Waals surface area contributed by atoms with E-state index in [-0.39, 0.29) is 34.6 Å². The van der Waals surface area contributed by atoms with E-state index in [1.165, 1.54) is 74.7 Å². The Labute approximate surface area is 422 Å². The van der Waals surface area contributed by atoms with E-state index in [1.54, 1.807) is 23.5 Å². The summed E-state index contributed by atoms with van der Waals surface area (Å²) in [5.41, 5.74) is 10.9. The summed E-state index contributed by atoms with van der Waals surface area (Å²) in [5.74, 6) is 0. The minimum atomic E-state index is -0.487. The SMILES string of the molecule is O=c1c2cc3c(=O)n(Cc4ccc(-c5ccc(CN6c7ccccc7Sc7ccccc76)cc5)cc4)c(=O)c3cc2c(=O)n1Cc1ccc(-c2ccc(CN3c4ccccc4Sc4ccccc43)cc2)cc1. The predicted octanol–water partition coefficient (Wildman–Crippen LogP) is 12.9. The second-order valence-corrected chi connectivity index (χ2v) is 20.5. The molecule has 2 aliphatic rings. The summed E-state index contributed by atoms with van der Waals surface area (Å²) in [6, 6.07) is 69.7. The van der Waals surface area contributed by atoms with Crippen molar-refractivity contribution >= 4 is 67.8 Å². The Morgan fingerprint density at radius 1 is 0.278 bits per heavy atom. The molecular formula is C62H42N4O4S2. The van der Waals surface area contributed by atoms with E-state index in [1.807, 2.05) is 48.5 Å². The predicted molar refractivity (Wildman–Crippen MR) is 293 cm³/mol. The standard InChI is InChI=1S/C62H42N4O4S2/c67-59-47-33-49-50(62(70)66(61(49)69)38-42-23-31-46(32-24-42)44-27-19-40(20-28-44)36-64-53-11-3-7-15-57(53)72-58-16-8-4-12-54(58)64)34-48(47)60(68)65(59)37-41-21-29-45(30-22-41)43-25-17-39(18-26-43)35-63-51-9-1-5-13-55(51)71-56-14-6-2-10-52(56)63/h1-34H,35-38H2. The zero-order valence-electron chi connectivity index (χ0n) is 38.7. The Kier molecular flexibility index (Phi) is 10.7. The first-order chi connectivity index (χ1) is 35.3. The van der Waals surface area contributed by atoms with E-state index >= 15 is 0 Å². The van der Waals surface area contributed by atoms with Crippen LogP contribution < -0.4 is 32.0 Å². The lowest BCUT2D eigenvalue weighted by Crippen LogP contribution is -2.26. The molecule has 10 heteroatoms. The van der Waals surface area contributed by atoms with Gasteiger partial charge in [0.1, 0.15) is 0 Å². The van der Waals surface area contributed by atoms with Gasteiger partial charge in [0.2, 0.25) is 0 Å². The Hall–Kier alpha value is -8.44. The number of rotatable bonds is 10. The fourth-order valence-electron chi connectivity index (χ4n) is 10.2. The molecule has 0 fully saturated rings. The number of aromatic nitrogens is 2. The van der Waals surface area contributed by atoms with Crippen molar-refractivity contribution in [1.29, 1.82) is 0 Å². The fraction of sp³-hybridized carbons (Fsp3) is 0.0645. The third-order valence-electron chi connectivity index (χ3n) is 14.0. The molecule has 2 aliphatic heterocycles. The molecule has 0 saturated carbocycles. The monoisotopic (exact) mass is 970 g/mol.